The van der Waals surface area contributed by atoms with Crippen LogP contribution in [-0.2, 0) is 17.2 Å². The number of hydrogen-bond acceptors (Lipinski definition) is 5. The molecule has 5 atom stereocenters. The van der Waals surface area contributed by atoms with Gasteiger partial charge in [-0.05, 0) is 120 Å². The van der Waals surface area contributed by atoms with E-state index in [0.29, 0.717) is 48.5 Å². The number of aryl methyl sites for hydroxylation is 1. The zero-order valence-corrected chi connectivity index (χ0v) is 22.4. The minimum atomic E-state index is -0.986. The summed E-state index contributed by atoms with van der Waals surface area (Å²) in [5, 5.41) is 45.5. The summed E-state index contributed by atoms with van der Waals surface area (Å²) in [6, 6.07) is 5.99. The van der Waals surface area contributed by atoms with Crippen LogP contribution in [0.4, 0.5) is 0 Å². The van der Waals surface area contributed by atoms with Crippen LogP contribution in [0.1, 0.15) is 108 Å². The van der Waals surface area contributed by atoms with E-state index in [4.69, 9.17) is 0 Å². The SMILES string of the molecule is CC1(C)CC(n2cc([C@]3(O)CC[C@H]4[C@@H]5CCc6cc(O)ccc6[C@H]5CC[C@@]43C)nn2)CC(C)(C)N1[O]. The first-order chi connectivity index (χ1) is 16.9. The lowest BCUT2D eigenvalue weighted by molar-refractivity contribution is -0.293. The van der Waals surface area contributed by atoms with E-state index >= 15 is 0 Å². The van der Waals surface area contributed by atoms with Crippen LogP contribution >= 0.6 is 0 Å². The van der Waals surface area contributed by atoms with Crippen molar-refractivity contribution >= 4 is 0 Å². The van der Waals surface area contributed by atoms with Gasteiger partial charge >= 0.3 is 0 Å². The second-order valence-electron chi connectivity index (χ2n) is 13.7. The van der Waals surface area contributed by atoms with Crippen molar-refractivity contribution in [3.05, 3.63) is 41.2 Å². The zero-order valence-electron chi connectivity index (χ0n) is 22.4. The number of rotatable bonds is 2. The molecular weight excluding hydrogens is 452 g/mol. The van der Waals surface area contributed by atoms with Crippen molar-refractivity contribution in [1.29, 1.82) is 0 Å². The quantitative estimate of drug-likeness (QED) is 0.595. The van der Waals surface area contributed by atoms with Crippen molar-refractivity contribution in [2.24, 2.45) is 17.3 Å². The molecule has 1 aromatic heterocycles. The van der Waals surface area contributed by atoms with Crippen LogP contribution in [0.3, 0.4) is 0 Å². The van der Waals surface area contributed by atoms with Gasteiger partial charge in [0, 0.05) is 16.5 Å². The van der Waals surface area contributed by atoms with Gasteiger partial charge in [-0.2, -0.15) is 0 Å². The Hall–Kier alpha value is -1.96. The largest absolute Gasteiger partial charge is 0.508 e. The Balaban J connectivity index is 1.28. The Bertz CT molecular complexity index is 1160. The van der Waals surface area contributed by atoms with Gasteiger partial charge in [-0.15, -0.1) is 15.4 Å². The third kappa shape index (κ3) is 3.35. The van der Waals surface area contributed by atoms with Gasteiger partial charge in [0.1, 0.15) is 17.0 Å². The predicted molar refractivity (Wildman–Crippen MR) is 136 cm³/mol. The molecule has 1 aromatic carbocycles. The number of piperidine rings is 1. The number of aromatic hydroxyl groups is 1. The molecule has 0 amide bonds. The van der Waals surface area contributed by atoms with Gasteiger partial charge in [-0.25, -0.2) is 4.68 Å². The molecule has 2 aromatic rings. The van der Waals surface area contributed by atoms with E-state index in [1.807, 2.05) is 50.7 Å². The maximum absolute atomic E-state index is 12.8. The van der Waals surface area contributed by atoms with E-state index in [1.54, 1.807) is 0 Å². The summed E-state index contributed by atoms with van der Waals surface area (Å²) in [6.07, 6.45) is 9.23. The molecule has 4 aliphatic rings. The van der Waals surface area contributed by atoms with Crippen LogP contribution in [0.15, 0.2) is 24.4 Å². The minimum Gasteiger partial charge on any atom is -0.508 e. The molecule has 2 saturated carbocycles. The minimum absolute atomic E-state index is 0.0806. The number of hydroxylamine groups is 2. The summed E-state index contributed by atoms with van der Waals surface area (Å²) in [6.45, 7) is 10.3. The van der Waals surface area contributed by atoms with Gasteiger partial charge in [0.2, 0.25) is 0 Å². The van der Waals surface area contributed by atoms with Crippen molar-refractivity contribution in [1.82, 2.24) is 20.1 Å². The smallest absolute Gasteiger partial charge is 0.116 e. The van der Waals surface area contributed by atoms with Gasteiger partial charge in [-0.1, -0.05) is 18.2 Å². The monoisotopic (exact) mass is 493 g/mol. The Labute approximate surface area is 214 Å². The first kappa shape index (κ1) is 24.4. The van der Waals surface area contributed by atoms with Gasteiger partial charge in [-0.3, -0.25) is 0 Å². The molecule has 0 bridgehead atoms. The van der Waals surface area contributed by atoms with E-state index in [1.165, 1.54) is 16.2 Å². The normalized spacial score (nSPS) is 37.8. The fraction of sp³-hybridized carbons (Fsp3) is 0.724. The number of hydrogen-bond donors (Lipinski definition) is 2. The summed E-state index contributed by atoms with van der Waals surface area (Å²) in [5.41, 5.74) is 1.22. The van der Waals surface area contributed by atoms with Crippen LogP contribution < -0.4 is 0 Å². The molecule has 3 fully saturated rings. The molecule has 2 heterocycles. The molecule has 2 N–H and O–H groups in total. The highest BCUT2D eigenvalue weighted by atomic mass is 16.5. The maximum atomic E-state index is 12.8. The summed E-state index contributed by atoms with van der Waals surface area (Å²) >= 11 is 0. The Morgan fingerprint density at radius 3 is 2.44 bits per heavy atom. The van der Waals surface area contributed by atoms with E-state index in [2.05, 4.69) is 23.3 Å². The second kappa shape index (κ2) is 7.78. The Morgan fingerprint density at radius 1 is 1.00 bits per heavy atom. The lowest BCUT2D eigenvalue weighted by Crippen LogP contribution is -2.58. The van der Waals surface area contributed by atoms with Crippen LogP contribution in [0, 0.1) is 17.3 Å². The van der Waals surface area contributed by atoms with E-state index in [-0.39, 0.29) is 11.5 Å². The molecule has 0 spiro atoms. The predicted octanol–water partition coefficient (Wildman–Crippen LogP) is 5.27. The Kier molecular flexibility index (Phi) is 5.27. The molecule has 36 heavy (non-hydrogen) atoms. The van der Waals surface area contributed by atoms with Gasteiger partial charge < -0.3 is 10.2 Å². The maximum Gasteiger partial charge on any atom is 0.116 e. The average Bonchev–Trinajstić information content (AvgIpc) is 3.41. The van der Waals surface area contributed by atoms with Crippen molar-refractivity contribution in [2.75, 3.05) is 0 Å². The highest BCUT2D eigenvalue weighted by Crippen LogP contribution is 2.66. The fourth-order valence-corrected chi connectivity index (χ4v) is 9.05. The van der Waals surface area contributed by atoms with Crippen molar-refractivity contribution in [3.8, 4) is 5.75 Å². The zero-order chi connectivity index (χ0) is 25.7. The van der Waals surface area contributed by atoms with Gasteiger partial charge in [0.15, 0.2) is 0 Å². The molecule has 6 rings (SSSR count). The summed E-state index contributed by atoms with van der Waals surface area (Å²) in [5.74, 6) is 1.86. The first-order valence-corrected chi connectivity index (χ1v) is 13.8. The summed E-state index contributed by atoms with van der Waals surface area (Å²) in [7, 11) is 0. The molecule has 1 radical (unpaired) electrons. The van der Waals surface area contributed by atoms with Crippen LogP contribution in [-0.4, -0.2) is 41.3 Å². The number of nitrogens with zero attached hydrogens (tertiary/aromatic N) is 4. The number of fused-ring (bicyclic) bond motifs is 5. The van der Waals surface area contributed by atoms with Crippen LogP contribution in [0.5, 0.6) is 5.75 Å². The topological polar surface area (TPSA) is 94.3 Å². The Morgan fingerprint density at radius 2 is 1.72 bits per heavy atom. The standard InChI is InChI=1S/C29H41N4O3/c1-26(2)15-19(16-27(3,4)33(26)36)32-17-25(30-31-32)29(35)13-11-24-23-8-6-18-14-20(34)7-9-21(18)22(23)10-12-28(24,29)5/h7,9,14,17,19,22-24,34-35H,6,8,10-13,15-16H2,1-5H3/t22-,23-,24+,28+,29-/m1/s1. The van der Waals surface area contributed by atoms with Crippen molar-refractivity contribution < 1.29 is 15.4 Å². The molecule has 0 unspecified atom stereocenters. The lowest BCUT2D eigenvalue weighted by Gasteiger charge is -2.52. The third-order valence-corrected chi connectivity index (χ3v) is 10.7. The number of phenolic OH excluding ortho intramolecular Hbond substituents is 1. The molecule has 7 nitrogen and oxygen atoms in total. The number of phenols is 1. The highest BCUT2D eigenvalue weighted by molar-refractivity contribution is 5.40. The molecule has 3 aliphatic carbocycles. The van der Waals surface area contributed by atoms with E-state index in [0.717, 1.165) is 32.1 Å². The fourth-order valence-electron chi connectivity index (χ4n) is 9.05. The molecule has 7 heteroatoms. The van der Waals surface area contributed by atoms with Gasteiger partial charge in [0.25, 0.3) is 0 Å². The average molecular weight is 494 g/mol. The van der Waals surface area contributed by atoms with Crippen molar-refractivity contribution in [2.45, 2.75) is 115 Å². The van der Waals surface area contributed by atoms with Crippen LogP contribution in [0.2, 0.25) is 0 Å². The summed E-state index contributed by atoms with van der Waals surface area (Å²) in [4.78, 5) is 0. The molecule has 195 valence electrons. The van der Waals surface area contributed by atoms with Crippen molar-refractivity contribution in [3.63, 3.8) is 0 Å². The van der Waals surface area contributed by atoms with Crippen LogP contribution in [0.25, 0.3) is 0 Å². The number of aromatic nitrogens is 3. The molecule has 1 saturated heterocycles. The molecular formula is C29H41N4O3. The number of benzene rings is 1. The van der Waals surface area contributed by atoms with E-state index in [9.17, 15) is 15.4 Å². The lowest BCUT2D eigenvalue weighted by atomic mass is 9.53. The second-order valence-corrected chi connectivity index (χ2v) is 13.7. The molecule has 1 aliphatic heterocycles. The first-order valence-electron chi connectivity index (χ1n) is 13.8. The third-order valence-electron chi connectivity index (χ3n) is 10.7. The van der Waals surface area contributed by atoms with Gasteiger partial charge in [0.05, 0.1) is 12.2 Å². The summed E-state index contributed by atoms with van der Waals surface area (Å²) < 4.78 is 1.93. The highest BCUT2D eigenvalue weighted by Gasteiger charge is 2.63. The number of aliphatic hydroxyl groups is 1. The van der Waals surface area contributed by atoms with E-state index < -0.39 is 16.7 Å².